The van der Waals surface area contributed by atoms with E-state index in [1.807, 2.05) is 66.7 Å². The van der Waals surface area contributed by atoms with E-state index in [2.05, 4.69) is 20.5 Å². The largest absolute Gasteiger partial charge is 0.340 e. The molecule has 0 atom stereocenters. The molecule has 0 fully saturated rings. The summed E-state index contributed by atoms with van der Waals surface area (Å²) in [5.41, 5.74) is 5.03. The van der Waals surface area contributed by atoms with Crippen LogP contribution in [0.25, 0.3) is 44.4 Å². The highest BCUT2D eigenvalue weighted by Crippen LogP contribution is 2.28. The fraction of sp³-hybridized carbons (Fsp3) is 0. The number of aromatic amines is 1. The molecule has 142 valence electrons. The lowest BCUT2D eigenvalue weighted by molar-refractivity contribution is 1.12. The van der Waals surface area contributed by atoms with Gasteiger partial charge in [-0.2, -0.15) is 5.10 Å². The van der Waals surface area contributed by atoms with E-state index in [1.54, 1.807) is 12.4 Å². The summed E-state index contributed by atoms with van der Waals surface area (Å²) in [4.78, 5) is 18.7. The van der Waals surface area contributed by atoms with E-state index in [0.717, 1.165) is 38.5 Å². The van der Waals surface area contributed by atoms with Gasteiger partial charge < -0.3 is 5.32 Å². The van der Waals surface area contributed by atoms with Crippen LogP contribution < -0.4 is 5.32 Å². The third-order valence-electron chi connectivity index (χ3n) is 4.98. The van der Waals surface area contributed by atoms with E-state index < -0.39 is 0 Å². The van der Waals surface area contributed by atoms with Gasteiger partial charge in [-0.3, -0.25) is 10.1 Å². The third-order valence-corrected chi connectivity index (χ3v) is 4.98. The third kappa shape index (κ3) is 2.80. The van der Waals surface area contributed by atoms with Crippen LogP contribution in [0.15, 0.2) is 79.1 Å². The predicted molar refractivity (Wildman–Crippen MR) is 117 cm³/mol. The van der Waals surface area contributed by atoms with Gasteiger partial charge in [0, 0.05) is 16.5 Å². The highest BCUT2D eigenvalue weighted by molar-refractivity contribution is 5.93. The lowest BCUT2D eigenvalue weighted by Crippen LogP contribution is -2.00. The zero-order chi connectivity index (χ0) is 19.9. The van der Waals surface area contributed by atoms with E-state index in [4.69, 9.17) is 15.0 Å². The minimum atomic E-state index is 0.527. The minimum Gasteiger partial charge on any atom is -0.340 e. The van der Waals surface area contributed by atoms with Crippen molar-refractivity contribution < 1.29 is 0 Å². The first-order valence-electron chi connectivity index (χ1n) is 9.53. The Hall–Kier alpha value is -4.39. The fourth-order valence-corrected chi connectivity index (χ4v) is 3.51. The maximum Gasteiger partial charge on any atom is 0.182 e. The van der Waals surface area contributed by atoms with Crippen molar-refractivity contribution in [2.45, 2.75) is 0 Å². The Kier molecular flexibility index (Phi) is 3.64. The molecular weight excluding hydrogens is 374 g/mol. The number of hydrogen-bond acceptors (Lipinski definition) is 6. The molecule has 30 heavy (non-hydrogen) atoms. The van der Waals surface area contributed by atoms with Gasteiger partial charge in [-0.15, -0.1) is 0 Å². The summed E-state index contributed by atoms with van der Waals surface area (Å²) < 4.78 is 0. The molecule has 0 aliphatic heterocycles. The minimum absolute atomic E-state index is 0.527. The van der Waals surface area contributed by atoms with Crippen LogP contribution >= 0.6 is 0 Å². The molecule has 0 radical (unpaired) electrons. The van der Waals surface area contributed by atoms with Crippen LogP contribution in [0.1, 0.15) is 0 Å². The van der Waals surface area contributed by atoms with Gasteiger partial charge in [0.2, 0.25) is 0 Å². The molecule has 0 unspecified atom stereocenters. The molecule has 0 spiro atoms. The summed E-state index contributed by atoms with van der Waals surface area (Å²) in [7, 11) is 0. The van der Waals surface area contributed by atoms with E-state index in [-0.39, 0.29) is 0 Å². The van der Waals surface area contributed by atoms with Gasteiger partial charge in [0.25, 0.3) is 0 Å². The molecule has 3 aromatic heterocycles. The number of aromatic nitrogens is 6. The maximum atomic E-state index is 4.79. The molecule has 0 bridgehead atoms. The summed E-state index contributed by atoms with van der Waals surface area (Å²) in [5, 5.41) is 12.4. The van der Waals surface area contributed by atoms with Crippen molar-refractivity contribution in [2.75, 3.05) is 5.32 Å². The van der Waals surface area contributed by atoms with Gasteiger partial charge in [0.15, 0.2) is 5.82 Å². The Morgan fingerprint density at radius 3 is 2.50 bits per heavy atom. The smallest absolute Gasteiger partial charge is 0.182 e. The van der Waals surface area contributed by atoms with Crippen LogP contribution in [0, 0.1) is 0 Å². The molecular formula is C23H15N7. The number of anilines is 2. The molecule has 0 aliphatic carbocycles. The van der Waals surface area contributed by atoms with Gasteiger partial charge in [0.1, 0.15) is 11.5 Å². The highest BCUT2D eigenvalue weighted by Gasteiger charge is 2.12. The van der Waals surface area contributed by atoms with Crippen molar-refractivity contribution in [1.29, 1.82) is 0 Å². The molecule has 7 heteroatoms. The monoisotopic (exact) mass is 389 g/mol. The first kappa shape index (κ1) is 16.6. The van der Waals surface area contributed by atoms with Crippen LogP contribution in [0.5, 0.6) is 0 Å². The van der Waals surface area contributed by atoms with Gasteiger partial charge in [-0.25, -0.2) is 15.0 Å². The standard InChI is InChI=1S/C23H15N7/c1-2-6-18-16(5-1)22(26-15-9-10-17-14(11-15)12-25-30-17)29-23(28-18)21-13-24-19-7-3-4-8-20(19)27-21/h1-13H,(H,25,30)(H,26,28,29). The van der Waals surface area contributed by atoms with Crippen molar-refractivity contribution in [3.05, 3.63) is 79.1 Å². The number of hydrogen-bond donors (Lipinski definition) is 2. The number of benzene rings is 3. The average Bonchev–Trinajstić information content (AvgIpc) is 3.26. The summed E-state index contributed by atoms with van der Waals surface area (Å²) in [5.74, 6) is 1.24. The molecule has 0 amide bonds. The van der Waals surface area contributed by atoms with E-state index in [1.165, 1.54) is 0 Å². The molecule has 0 saturated heterocycles. The first-order chi connectivity index (χ1) is 14.8. The Morgan fingerprint density at radius 2 is 1.57 bits per heavy atom. The second-order valence-electron chi connectivity index (χ2n) is 6.95. The average molecular weight is 389 g/mol. The van der Waals surface area contributed by atoms with Crippen LogP contribution in [0.4, 0.5) is 11.5 Å². The number of nitrogens with one attached hydrogen (secondary N) is 2. The molecule has 7 nitrogen and oxygen atoms in total. The molecule has 6 rings (SSSR count). The number of fused-ring (bicyclic) bond motifs is 3. The van der Waals surface area contributed by atoms with Gasteiger partial charge >= 0.3 is 0 Å². The number of nitrogens with zero attached hydrogens (tertiary/aromatic N) is 5. The zero-order valence-corrected chi connectivity index (χ0v) is 15.7. The van der Waals surface area contributed by atoms with Crippen LogP contribution in [-0.4, -0.2) is 30.1 Å². The van der Waals surface area contributed by atoms with Crippen LogP contribution in [-0.2, 0) is 0 Å². The molecule has 3 heterocycles. The van der Waals surface area contributed by atoms with Crippen molar-refractivity contribution in [1.82, 2.24) is 30.1 Å². The molecule has 0 saturated carbocycles. The number of rotatable bonds is 3. The molecule has 3 aromatic carbocycles. The molecule has 0 aliphatic rings. The number of H-pyrrole nitrogens is 1. The van der Waals surface area contributed by atoms with E-state index >= 15 is 0 Å². The second-order valence-corrected chi connectivity index (χ2v) is 6.95. The Balaban J connectivity index is 1.50. The van der Waals surface area contributed by atoms with E-state index in [9.17, 15) is 0 Å². The molecule has 2 N–H and O–H groups in total. The van der Waals surface area contributed by atoms with Crippen LogP contribution in [0.3, 0.4) is 0 Å². The Morgan fingerprint density at radius 1 is 0.733 bits per heavy atom. The quantitative estimate of drug-likeness (QED) is 0.449. The summed E-state index contributed by atoms with van der Waals surface area (Å²) in [6.07, 6.45) is 3.52. The van der Waals surface area contributed by atoms with Crippen molar-refractivity contribution in [2.24, 2.45) is 0 Å². The Labute approximate surface area is 170 Å². The van der Waals surface area contributed by atoms with Gasteiger partial charge in [-0.05, 0) is 42.5 Å². The normalized spacial score (nSPS) is 11.3. The summed E-state index contributed by atoms with van der Waals surface area (Å²) in [6, 6.07) is 21.7. The van der Waals surface area contributed by atoms with Gasteiger partial charge in [-0.1, -0.05) is 24.3 Å². The topological polar surface area (TPSA) is 92.3 Å². The SMILES string of the molecule is c1ccc2nc(-c3nc(Nc4ccc5[nH]ncc5c4)c4ccccc4n3)cnc2c1. The fourth-order valence-electron chi connectivity index (χ4n) is 3.51. The highest BCUT2D eigenvalue weighted by atomic mass is 15.1. The maximum absolute atomic E-state index is 4.79. The molecule has 6 aromatic rings. The number of para-hydroxylation sites is 3. The lowest BCUT2D eigenvalue weighted by Gasteiger charge is -2.11. The lowest BCUT2D eigenvalue weighted by atomic mass is 10.2. The van der Waals surface area contributed by atoms with Crippen LogP contribution in [0.2, 0.25) is 0 Å². The zero-order valence-electron chi connectivity index (χ0n) is 15.7. The van der Waals surface area contributed by atoms with E-state index in [0.29, 0.717) is 17.3 Å². The van der Waals surface area contributed by atoms with Crippen molar-refractivity contribution in [3.63, 3.8) is 0 Å². The van der Waals surface area contributed by atoms with Crippen molar-refractivity contribution >= 4 is 44.3 Å². The van der Waals surface area contributed by atoms with Crippen molar-refractivity contribution in [3.8, 4) is 11.5 Å². The second kappa shape index (κ2) is 6.59. The Bertz CT molecular complexity index is 1540. The summed E-state index contributed by atoms with van der Waals surface area (Å²) >= 11 is 0. The van der Waals surface area contributed by atoms with Gasteiger partial charge in [0.05, 0.1) is 34.5 Å². The summed E-state index contributed by atoms with van der Waals surface area (Å²) in [6.45, 7) is 0. The predicted octanol–water partition coefficient (Wildman–Crippen LogP) is 4.86. The first-order valence-corrected chi connectivity index (χ1v) is 9.53.